The highest BCUT2D eigenvalue weighted by molar-refractivity contribution is 6.10. The number of aliphatic hydroxyl groups excluding tert-OH is 1. The number of benzene rings is 2. The molecule has 0 spiro atoms. The van der Waals surface area contributed by atoms with Crippen molar-refractivity contribution in [3.63, 3.8) is 0 Å². The lowest BCUT2D eigenvalue weighted by Gasteiger charge is -2.07. The SMILES string of the molecule is CCOc1ccc(C(=O)c2cccc(C(=O)C(N)O)c2)cc1. The molecule has 0 saturated heterocycles. The summed E-state index contributed by atoms with van der Waals surface area (Å²) in [7, 11) is 0. The van der Waals surface area contributed by atoms with E-state index < -0.39 is 12.0 Å². The van der Waals surface area contributed by atoms with Gasteiger partial charge in [0.15, 0.2) is 12.0 Å². The van der Waals surface area contributed by atoms with E-state index >= 15 is 0 Å². The van der Waals surface area contributed by atoms with Gasteiger partial charge >= 0.3 is 0 Å². The standard InChI is InChI=1S/C17H17NO4/c1-2-22-14-8-6-11(7-9-14)15(19)12-4-3-5-13(10-12)16(20)17(18)21/h3-10,17,21H,2,18H2,1H3. The molecule has 114 valence electrons. The predicted octanol–water partition coefficient (Wildman–Crippen LogP) is 1.78. The van der Waals surface area contributed by atoms with Gasteiger partial charge in [-0.2, -0.15) is 0 Å². The number of ketones is 2. The number of carbonyl (C=O) groups excluding carboxylic acids is 2. The van der Waals surface area contributed by atoms with E-state index in [1.807, 2.05) is 6.92 Å². The first-order chi connectivity index (χ1) is 10.5. The number of carbonyl (C=O) groups is 2. The van der Waals surface area contributed by atoms with Gasteiger partial charge in [0.05, 0.1) is 6.61 Å². The van der Waals surface area contributed by atoms with Crippen LogP contribution in [0, 0.1) is 0 Å². The van der Waals surface area contributed by atoms with E-state index in [1.165, 1.54) is 12.1 Å². The van der Waals surface area contributed by atoms with Crippen molar-refractivity contribution in [2.45, 2.75) is 13.2 Å². The van der Waals surface area contributed by atoms with Crippen molar-refractivity contribution in [1.29, 1.82) is 0 Å². The van der Waals surface area contributed by atoms with Crippen molar-refractivity contribution >= 4 is 11.6 Å². The average molecular weight is 299 g/mol. The average Bonchev–Trinajstić information content (AvgIpc) is 2.54. The molecule has 22 heavy (non-hydrogen) atoms. The topological polar surface area (TPSA) is 89.6 Å². The molecule has 0 aliphatic heterocycles. The molecule has 5 nitrogen and oxygen atoms in total. The molecule has 2 rings (SSSR count). The Morgan fingerprint density at radius 3 is 2.32 bits per heavy atom. The van der Waals surface area contributed by atoms with Gasteiger partial charge in [-0.1, -0.05) is 18.2 Å². The van der Waals surface area contributed by atoms with Crippen molar-refractivity contribution < 1.29 is 19.4 Å². The van der Waals surface area contributed by atoms with Crippen LogP contribution in [0.2, 0.25) is 0 Å². The number of aliphatic hydroxyl groups is 1. The first-order valence-electron chi connectivity index (χ1n) is 6.88. The fraction of sp³-hybridized carbons (Fsp3) is 0.176. The van der Waals surface area contributed by atoms with Gasteiger partial charge in [-0.15, -0.1) is 0 Å². The first kappa shape index (κ1) is 15.9. The van der Waals surface area contributed by atoms with Crippen molar-refractivity contribution in [1.82, 2.24) is 0 Å². The minimum atomic E-state index is -1.59. The zero-order valence-electron chi connectivity index (χ0n) is 12.2. The Bertz CT molecular complexity index is 677. The molecule has 2 aromatic carbocycles. The van der Waals surface area contributed by atoms with Crippen molar-refractivity contribution in [2.75, 3.05) is 6.61 Å². The zero-order valence-corrected chi connectivity index (χ0v) is 12.2. The fourth-order valence-electron chi connectivity index (χ4n) is 2.02. The summed E-state index contributed by atoms with van der Waals surface area (Å²) in [4.78, 5) is 24.1. The second kappa shape index (κ2) is 6.98. The normalized spacial score (nSPS) is 11.8. The van der Waals surface area contributed by atoms with Crippen molar-refractivity contribution in [2.24, 2.45) is 5.73 Å². The van der Waals surface area contributed by atoms with E-state index in [-0.39, 0.29) is 11.3 Å². The molecule has 0 heterocycles. The Morgan fingerprint density at radius 1 is 1.09 bits per heavy atom. The molecule has 5 heteroatoms. The second-order valence-corrected chi connectivity index (χ2v) is 4.68. The maximum absolute atomic E-state index is 12.4. The lowest BCUT2D eigenvalue weighted by Crippen LogP contribution is -2.29. The molecular weight excluding hydrogens is 282 g/mol. The van der Waals surface area contributed by atoms with Crippen LogP contribution in [0.25, 0.3) is 0 Å². The summed E-state index contributed by atoms with van der Waals surface area (Å²) in [6.45, 7) is 2.44. The van der Waals surface area contributed by atoms with Gasteiger partial charge in [0.1, 0.15) is 5.75 Å². The van der Waals surface area contributed by atoms with E-state index in [4.69, 9.17) is 15.6 Å². The Morgan fingerprint density at radius 2 is 1.73 bits per heavy atom. The highest BCUT2D eigenvalue weighted by Gasteiger charge is 2.15. The quantitative estimate of drug-likeness (QED) is 0.627. The minimum absolute atomic E-state index is 0.201. The van der Waals surface area contributed by atoms with E-state index in [0.717, 1.165) is 0 Å². The monoisotopic (exact) mass is 299 g/mol. The third-order valence-electron chi connectivity index (χ3n) is 3.11. The molecular formula is C17H17NO4. The summed E-state index contributed by atoms with van der Waals surface area (Å²) in [5, 5.41) is 9.13. The third-order valence-corrected chi connectivity index (χ3v) is 3.11. The molecule has 0 radical (unpaired) electrons. The summed E-state index contributed by atoms with van der Waals surface area (Å²) in [5.41, 5.74) is 6.20. The number of hydrogen-bond donors (Lipinski definition) is 2. The molecule has 1 unspecified atom stereocenters. The maximum Gasteiger partial charge on any atom is 0.205 e. The van der Waals surface area contributed by atoms with Crippen LogP contribution in [0.15, 0.2) is 48.5 Å². The summed E-state index contributed by atoms with van der Waals surface area (Å²) in [5.74, 6) is -0.153. The van der Waals surface area contributed by atoms with Gasteiger partial charge in [-0.05, 0) is 37.3 Å². The summed E-state index contributed by atoms with van der Waals surface area (Å²) >= 11 is 0. The maximum atomic E-state index is 12.4. The summed E-state index contributed by atoms with van der Waals surface area (Å²) in [6.07, 6.45) is -1.59. The molecule has 0 aliphatic rings. The number of ether oxygens (including phenoxy) is 1. The van der Waals surface area contributed by atoms with E-state index in [0.29, 0.717) is 23.5 Å². The number of rotatable bonds is 6. The van der Waals surface area contributed by atoms with Crippen LogP contribution in [0.1, 0.15) is 33.2 Å². The number of nitrogens with two attached hydrogens (primary N) is 1. The van der Waals surface area contributed by atoms with Gasteiger partial charge in [0.2, 0.25) is 5.78 Å². The highest BCUT2D eigenvalue weighted by atomic mass is 16.5. The fourth-order valence-corrected chi connectivity index (χ4v) is 2.02. The molecule has 0 bridgehead atoms. The lowest BCUT2D eigenvalue weighted by atomic mass is 9.99. The van der Waals surface area contributed by atoms with Gasteiger partial charge in [0.25, 0.3) is 0 Å². The van der Waals surface area contributed by atoms with Crippen LogP contribution in [-0.4, -0.2) is 29.5 Å². The van der Waals surface area contributed by atoms with Gasteiger partial charge in [-0.25, -0.2) is 0 Å². The molecule has 2 aromatic rings. The van der Waals surface area contributed by atoms with Crippen LogP contribution in [0.4, 0.5) is 0 Å². The van der Waals surface area contributed by atoms with Gasteiger partial charge in [0, 0.05) is 16.7 Å². The van der Waals surface area contributed by atoms with Crippen LogP contribution >= 0.6 is 0 Å². The highest BCUT2D eigenvalue weighted by Crippen LogP contribution is 2.16. The Balaban J connectivity index is 2.25. The molecule has 0 amide bonds. The van der Waals surface area contributed by atoms with E-state index in [9.17, 15) is 9.59 Å². The van der Waals surface area contributed by atoms with Crippen LogP contribution in [0.5, 0.6) is 5.75 Å². The molecule has 0 aromatic heterocycles. The molecule has 0 saturated carbocycles. The number of Topliss-reactive ketones (excluding diaryl/α,β-unsaturated/α-hetero) is 1. The Kier molecular flexibility index (Phi) is 5.04. The number of hydrogen-bond acceptors (Lipinski definition) is 5. The minimum Gasteiger partial charge on any atom is -0.494 e. The molecule has 3 N–H and O–H groups in total. The largest absolute Gasteiger partial charge is 0.494 e. The lowest BCUT2D eigenvalue weighted by molar-refractivity contribution is 0.0759. The summed E-state index contributed by atoms with van der Waals surface area (Å²) in [6, 6.07) is 12.9. The smallest absolute Gasteiger partial charge is 0.205 e. The predicted molar refractivity (Wildman–Crippen MR) is 82.0 cm³/mol. The van der Waals surface area contributed by atoms with E-state index in [2.05, 4.69) is 0 Å². The molecule has 1 atom stereocenters. The van der Waals surface area contributed by atoms with Gasteiger partial charge < -0.3 is 9.84 Å². The van der Waals surface area contributed by atoms with Crippen LogP contribution < -0.4 is 10.5 Å². The third kappa shape index (κ3) is 3.58. The first-order valence-corrected chi connectivity index (χ1v) is 6.88. The summed E-state index contributed by atoms with van der Waals surface area (Å²) < 4.78 is 5.33. The van der Waals surface area contributed by atoms with Gasteiger partial charge in [-0.3, -0.25) is 15.3 Å². The van der Waals surface area contributed by atoms with Crippen molar-refractivity contribution in [3.8, 4) is 5.75 Å². The Labute approximate surface area is 128 Å². The van der Waals surface area contributed by atoms with Crippen LogP contribution in [0.3, 0.4) is 0 Å². The molecule has 0 aliphatic carbocycles. The zero-order chi connectivity index (χ0) is 16.1. The van der Waals surface area contributed by atoms with Crippen LogP contribution in [-0.2, 0) is 0 Å². The van der Waals surface area contributed by atoms with Crippen molar-refractivity contribution in [3.05, 3.63) is 65.2 Å². The molecule has 0 fully saturated rings. The second-order valence-electron chi connectivity index (χ2n) is 4.68. The Hall–Kier alpha value is -2.50. The van der Waals surface area contributed by atoms with E-state index in [1.54, 1.807) is 36.4 Å².